The van der Waals surface area contributed by atoms with Crippen molar-refractivity contribution >= 4 is 6.09 Å². The van der Waals surface area contributed by atoms with Gasteiger partial charge in [0.25, 0.3) is 0 Å². The van der Waals surface area contributed by atoms with E-state index in [2.05, 4.69) is 39.2 Å². The Morgan fingerprint density at radius 1 is 1.28 bits per heavy atom. The van der Waals surface area contributed by atoms with Crippen molar-refractivity contribution in [2.24, 2.45) is 5.41 Å². The second-order valence-corrected chi connectivity index (χ2v) is 12.4. The number of aryl methyl sites for hydroxylation is 1. The molecule has 2 aliphatic carbocycles. The maximum Gasteiger partial charge on any atom is 0.408 e. The molecule has 2 N–H and O–H groups in total. The Balaban J connectivity index is 1.15. The highest BCUT2D eigenvalue weighted by Crippen LogP contribution is 2.67. The lowest BCUT2D eigenvalue weighted by molar-refractivity contribution is -0.188. The third-order valence-corrected chi connectivity index (χ3v) is 9.16. The Labute approximate surface area is 215 Å². The number of ether oxygens (including phenoxy) is 1. The SMILES string of the molecule is Cc1nc2c(n1C1CC3N(CC[C@H](NC(=O)OC(C)(C)C)c4ccccc4)C4CCC43C1)CNCC2. The maximum atomic E-state index is 12.6. The van der Waals surface area contributed by atoms with Gasteiger partial charge in [-0.05, 0) is 65.4 Å². The highest BCUT2D eigenvalue weighted by molar-refractivity contribution is 5.68. The van der Waals surface area contributed by atoms with Gasteiger partial charge in [-0.2, -0.15) is 0 Å². The predicted octanol–water partition coefficient (Wildman–Crippen LogP) is 4.66. The van der Waals surface area contributed by atoms with Gasteiger partial charge in [0.2, 0.25) is 0 Å². The molecule has 6 rings (SSSR count). The molecule has 194 valence electrons. The van der Waals surface area contributed by atoms with E-state index in [-0.39, 0.29) is 12.1 Å². The van der Waals surface area contributed by atoms with E-state index in [1.54, 1.807) is 0 Å². The van der Waals surface area contributed by atoms with E-state index in [9.17, 15) is 4.79 Å². The van der Waals surface area contributed by atoms with E-state index in [0.29, 0.717) is 23.5 Å². The fourth-order valence-corrected chi connectivity index (χ4v) is 7.70. The highest BCUT2D eigenvalue weighted by atomic mass is 16.6. The van der Waals surface area contributed by atoms with Crippen LogP contribution in [0.4, 0.5) is 4.79 Å². The molecule has 1 aromatic heterocycles. The van der Waals surface area contributed by atoms with Crippen LogP contribution in [-0.4, -0.2) is 51.3 Å². The zero-order chi connectivity index (χ0) is 25.1. The first-order chi connectivity index (χ1) is 17.2. The molecule has 4 unspecified atom stereocenters. The second-order valence-electron chi connectivity index (χ2n) is 12.4. The second kappa shape index (κ2) is 8.88. The molecule has 4 aliphatic rings. The molecule has 3 heterocycles. The van der Waals surface area contributed by atoms with Crippen LogP contribution in [0.3, 0.4) is 0 Å². The van der Waals surface area contributed by atoms with Gasteiger partial charge >= 0.3 is 6.09 Å². The number of piperidine rings is 1. The van der Waals surface area contributed by atoms with Crippen LogP contribution in [0.15, 0.2) is 30.3 Å². The number of carbonyl (C=O) groups excluding carboxylic acids is 1. The number of hydrogen-bond donors (Lipinski definition) is 2. The summed E-state index contributed by atoms with van der Waals surface area (Å²) in [6, 6.07) is 12.2. The Morgan fingerprint density at radius 3 is 2.81 bits per heavy atom. The number of nitrogens with one attached hydrogen (secondary N) is 2. The van der Waals surface area contributed by atoms with Crippen LogP contribution in [-0.2, 0) is 17.7 Å². The number of fused-ring (bicyclic) bond motifs is 1. The first kappa shape index (κ1) is 24.0. The van der Waals surface area contributed by atoms with Crippen molar-refractivity contribution in [3.63, 3.8) is 0 Å². The van der Waals surface area contributed by atoms with Crippen molar-refractivity contribution in [2.45, 2.75) is 103 Å². The number of likely N-dealkylation sites (tertiary alicyclic amines) is 1. The van der Waals surface area contributed by atoms with Gasteiger partial charge in [-0.15, -0.1) is 0 Å². The molecule has 5 atom stereocenters. The van der Waals surface area contributed by atoms with E-state index < -0.39 is 5.60 Å². The lowest BCUT2D eigenvalue weighted by Crippen LogP contribution is -2.74. The number of amides is 1. The average molecular weight is 492 g/mol. The van der Waals surface area contributed by atoms with Crippen LogP contribution in [0.1, 0.15) is 87.7 Å². The van der Waals surface area contributed by atoms with Crippen LogP contribution in [0, 0.1) is 12.3 Å². The molecule has 0 bridgehead atoms. The standard InChI is InChI=1S/C29H41N5O2/c1-19-31-23-11-14-30-18-24(23)34(19)21-16-26-29(17-21)13-10-25(29)33(26)15-12-22(20-8-6-5-7-9-20)32-27(35)36-28(2,3)4/h5-9,21-22,25-26,30H,10-18H2,1-4H3,(H,32,35)/t21?,22-,25?,26?,29?/m0/s1. The van der Waals surface area contributed by atoms with Crippen LogP contribution >= 0.6 is 0 Å². The van der Waals surface area contributed by atoms with Crippen molar-refractivity contribution in [2.75, 3.05) is 13.1 Å². The molecule has 3 fully saturated rings. The topological polar surface area (TPSA) is 71.4 Å². The molecule has 1 aromatic carbocycles. The Bertz CT molecular complexity index is 1120. The Hall–Kier alpha value is -2.38. The van der Waals surface area contributed by atoms with Crippen molar-refractivity contribution in [1.82, 2.24) is 25.1 Å². The third kappa shape index (κ3) is 4.04. The Morgan fingerprint density at radius 2 is 2.08 bits per heavy atom. The van der Waals surface area contributed by atoms with E-state index in [0.717, 1.165) is 38.0 Å². The molecule has 2 aliphatic heterocycles. The molecule has 1 spiro atoms. The molecular weight excluding hydrogens is 450 g/mol. The number of rotatable bonds is 6. The van der Waals surface area contributed by atoms with E-state index in [1.165, 1.54) is 42.9 Å². The van der Waals surface area contributed by atoms with Crippen molar-refractivity contribution in [3.8, 4) is 0 Å². The predicted molar refractivity (Wildman–Crippen MR) is 140 cm³/mol. The minimum Gasteiger partial charge on any atom is -0.444 e. The van der Waals surface area contributed by atoms with E-state index in [1.807, 2.05) is 39.0 Å². The zero-order valence-corrected chi connectivity index (χ0v) is 22.2. The summed E-state index contributed by atoms with van der Waals surface area (Å²) in [5, 5.41) is 6.72. The minimum absolute atomic E-state index is 0.0534. The number of aromatic nitrogens is 2. The molecule has 1 saturated heterocycles. The van der Waals surface area contributed by atoms with Crippen molar-refractivity contribution < 1.29 is 9.53 Å². The summed E-state index contributed by atoms with van der Waals surface area (Å²) >= 11 is 0. The molecule has 7 heteroatoms. The lowest BCUT2D eigenvalue weighted by Gasteiger charge is -2.68. The summed E-state index contributed by atoms with van der Waals surface area (Å²) < 4.78 is 8.17. The molecule has 1 amide bonds. The monoisotopic (exact) mass is 491 g/mol. The summed E-state index contributed by atoms with van der Waals surface area (Å²) in [6.07, 6.45) is 6.78. The van der Waals surface area contributed by atoms with Gasteiger partial charge < -0.3 is 19.9 Å². The number of carbonyl (C=O) groups is 1. The number of alkyl carbamates (subject to hydrolysis) is 1. The van der Waals surface area contributed by atoms with Gasteiger partial charge in [0.05, 0.1) is 17.4 Å². The quantitative estimate of drug-likeness (QED) is 0.615. The van der Waals surface area contributed by atoms with E-state index in [4.69, 9.17) is 9.72 Å². The molecule has 2 saturated carbocycles. The summed E-state index contributed by atoms with van der Waals surface area (Å²) in [5.41, 5.74) is 3.87. The smallest absolute Gasteiger partial charge is 0.408 e. The first-order valence-corrected chi connectivity index (χ1v) is 13.8. The first-order valence-electron chi connectivity index (χ1n) is 13.8. The summed E-state index contributed by atoms with van der Waals surface area (Å²) in [4.78, 5) is 20.3. The molecule has 36 heavy (non-hydrogen) atoms. The largest absolute Gasteiger partial charge is 0.444 e. The number of imidazole rings is 1. The van der Waals surface area contributed by atoms with Gasteiger partial charge in [0, 0.05) is 49.6 Å². The van der Waals surface area contributed by atoms with Crippen molar-refractivity contribution in [3.05, 3.63) is 53.1 Å². The highest BCUT2D eigenvalue weighted by Gasteiger charge is 2.69. The molecular formula is C29H41N5O2. The van der Waals surface area contributed by atoms with E-state index >= 15 is 0 Å². The molecule has 7 nitrogen and oxygen atoms in total. The van der Waals surface area contributed by atoms with Gasteiger partial charge in [-0.1, -0.05) is 30.3 Å². The zero-order valence-electron chi connectivity index (χ0n) is 22.2. The normalized spacial score (nSPS) is 29.8. The molecule has 0 radical (unpaired) electrons. The summed E-state index contributed by atoms with van der Waals surface area (Å²) in [6.45, 7) is 10.9. The van der Waals surface area contributed by atoms with Gasteiger partial charge in [0.1, 0.15) is 11.4 Å². The lowest BCUT2D eigenvalue weighted by atomic mass is 9.53. The maximum absolute atomic E-state index is 12.6. The van der Waals surface area contributed by atoms with Crippen LogP contribution in [0.5, 0.6) is 0 Å². The number of hydrogen-bond acceptors (Lipinski definition) is 5. The number of nitrogens with zero attached hydrogens (tertiary/aromatic N) is 3. The Kier molecular flexibility index (Phi) is 5.91. The van der Waals surface area contributed by atoms with Gasteiger partial charge in [-0.3, -0.25) is 4.90 Å². The fraction of sp³-hybridized carbons (Fsp3) is 0.655. The van der Waals surface area contributed by atoms with Gasteiger partial charge in [-0.25, -0.2) is 9.78 Å². The van der Waals surface area contributed by atoms with Gasteiger partial charge in [0.15, 0.2) is 0 Å². The third-order valence-electron chi connectivity index (χ3n) is 9.16. The van der Waals surface area contributed by atoms with Crippen LogP contribution in [0.25, 0.3) is 0 Å². The number of benzene rings is 1. The molecule has 2 aromatic rings. The average Bonchev–Trinajstić information content (AvgIpc) is 3.36. The summed E-state index contributed by atoms with van der Waals surface area (Å²) in [5.74, 6) is 1.19. The summed E-state index contributed by atoms with van der Waals surface area (Å²) in [7, 11) is 0. The van der Waals surface area contributed by atoms with Crippen LogP contribution < -0.4 is 10.6 Å². The fourth-order valence-electron chi connectivity index (χ4n) is 7.70. The van der Waals surface area contributed by atoms with Crippen molar-refractivity contribution in [1.29, 1.82) is 0 Å². The minimum atomic E-state index is -0.507. The van der Waals surface area contributed by atoms with Crippen LogP contribution in [0.2, 0.25) is 0 Å².